The van der Waals surface area contributed by atoms with Crippen molar-refractivity contribution in [1.82, 2.24) is 0 Å². The standard InChI is InChI=1S/C6H15NO4P2/c1-8-3-5-10-12-7-13-11-6-4-9-2/h12H,3-6H2,1-2H3. The molecule has 1 atom stereocenters. The third-order valence-electron chi connectivity index (χ3n) is 0.972. The highest BCUT2D eigenvalue weighted by atomic mass is 31.1. The van der Waals surface area contributed by atoms with Gasteiger partial charge in [0.25, 0.3) is 0 Å². The maximum absolute atomic E-state index is 5.10. The molecule has 7 heteroatoms. The Labute approximate surface area is 82.0 Å². The van der Waals surface area contributed by atoms with Crippen LogP contribution in [0.25, 0.3) is 0 Å². The lowest BCUT2D eigenvalue weighted by molar-refractivity contribution is 0.154. The summed E-state index contributed by atoms with van der Waals surface area (Å²) in [7, 11) is 3.98. The van der Waals surface area contributed by atoms with Crippen molar-refractivity contribution in [2.24, 2.45) is 4.52 Å². The van der Waals surface area contributed by atoms with Crippen LogP contribution in [-0.2, 0) is 18.5 Å². The molecular formula is C6H15NO4P2. The van der Waals surface area contributed by atoms with E-state index in [0.717, 1.165) is 0 Å². The summed E-state index contributed by atoms with van der Waals surface area (Å²) in [4.78, 5) is 0. The normalized spacial score (nSPS) is 12.2. The predicted molar refractivity (Wildman–Crippen MR) is 53.3 cm³/mol. The molecule has 0 rings (SSSR count). The van der Waals surface area contributed by atoms with Crippen molar-refractivity contribution in [2.75, 3.05) is 40.6 Å². The summed E-state index contributed by atoms with van der Waals surface area (Å²) in [6.45, 7) is 2.33. The van der Waals surface area contributed by atoms with Crippen LogP contribution in [0.2, 0.25) is 0 Å². The fraction of sp³-hybridized carbons (Fsp3) is 1.00. The second kappa shape index (κ2) is 12.4. The first-order valence-electron chi connectivity index (χ1n) is 3.78. The van der Waals surface area contributed by atoms with Crippen LogP contribution in [0.3, 0.4) is 0 Å². The maximum Gasteiger partial charge on any atom is 0.178 e. The second-order valence-electron chi connectivity index (χ2n) is 1.94. The first-order valence-corrected chi connectivity index (χ1v) is 5.40. The van der Waals surface area contributed by atoms with Gasteiger partial charge in [0.15, 0.2) is 8.60 Å². The molecular weight excluding hydrogens is 212 g/mol. The van der Waals surface area contributed by atoms with Gasteiger partial charge >= 0.3 is 0 Å². The van der Waals surface area contributed by atoms with E-state index in [1.54, 1.807) is 14.2 Å². The molecule has 0 radical (unpaired) electrons. The van der Waals surface area contributed by atoms with Gasteiger partial charge in [0.2, 0.25) is 0 Å². The van der Waals surface area contributed by atoms with Crippen molar-refractivity contribution >= 4 is 17.6 Å². The molecule has 0 fully saturated rings. The zero-order valence-corrected chi connectivity index (χ0v) is 9.75. The van der Waals surface area contributed by atoms with E-state index in [4.69, 9.17) is 18.5 Å². The van der Waals surface area contributed by atoms with Crippen molar-refractivity contribution in [3.8, 4) is 0 Å². The van der Waals surface area contributed by atoms with Gasteiger partial charge in [-0.15, -0.1) is 0 Å². The van der Waals surface area contributed by atoms with Crippen LogP contribution in [-0.4, -0.2) is 40.6 Å². The minimum atomic E-state index is 0.121. The molecule has 0 aliphatic rings. The van der Waals surface area contributed by atoms with Crippen molar-refractivity contribution in [2.45, 2.75) is 0 Å². The Kier molecular flexibility index (Phi) is 12.7. The van der Waals surface area contributed by atoms with Crippen LogP contribution in [0.15, 0.2) is 4.52 Å². The number of methoxy groups -OCH3 is 2. The number of ether oxygens (including phenoxy) is 2. The molecule has 0 aliphatic heterocycles. The van der Waals surface area contributed by atoms with E-state index < -0.39 is 0 Å². The zero-order valence-electron chi connectivity index (χ0n) is 7.86. The van der Waals surface area contributed by atoms with Crippen molar-refractivity contribution < 1.29 is 18.5 Å². The van der Waals surface area contributed by atoms with Gasteiger partial charge in [-0.05, 0) is 0 Å². The highest BCUT2D eigenvalue weighted by Gasteiger charge is 1.85. The van der Waals surface area contributed by atoms with Gasteiger partial charge in [0.05, 0.1) is 26.4 Å². The van der Waals surface area contributed by atoms with Gasteiger partial charge in [0, 0.05) is 14.2 Å². The van der Waals surface area contributed by atoms with Gasteiger partial charge in [0.1, 0.15) is 8.96 Å². The predicted octanol–water partition coefficient (Wildman–Crippen LogP) is 1.87. The first-order chi connectivity index (χ1) is 6.41. The van der Waals surface area contributed by atoms with Crippen molar-refractivity contribution in [1.29, 1.82) is 0 Å². The van der Waals surface area contributed by atoms with Crippen LogP contribution in [0, 0.1) is 0 Å². The Morgan fingerprint density at radius 1 is 1.08 bits per heavy atom. The molecule has 78 valence electrons. The van der Waals surface area contributed by atoms with Crippen molar-refractivity contribution in [3.05, 3.63) is 0 Å². The molecule has 0 N–H and O–H groups in total. The van der Waals surface area contributed by atoms with E-state index in [1.807, 2.05) is 0 Å². The molecule has 0 aromatic rings. The average Bonchev–Trinajstić information content (AvgIpc) is 2.16. The summed E-state index contributed by atoms with van der Waals surface area (Å²) < 4.78 is 23.7. The van der Waals surface area contributed by atoms with Crippen LogP contribution >= 0.6 is 17.6 Å². The molecule has 0 saturated heterocycles. The highest BCUT2D eigenvalue weighted by molar-refractivity contribution is 7.39. The van der Waals surface area contributed by atoms with Gasteiger partial charge < -0.3 is 18.5 Å². The highest BCUT2D eigenvalue weighted by Crippen LogP contribution is 2.19. The van der Waals surface area contributed by atoms with Gasteiger partial charge in [-0.2, -0.15) is 4.52 Å². The molecule has 5 nitrogen and oxygen atoms in total. The third-order valence-corrected chi connectivity index (χ3v) is 2.26. The number of hydrogen-bond acceptors (Lipinski definition) is 5. The molecule has 0 aromatic carbocycles. The van der Waals surface area contributed by atoms with E-state index in [-0.39, 0.29) is 8.96 Å². The SMILES string of the molecule is COCCOP=NPOCCOC. The minimum absolute atomic E-state index is 0.121. The van der Waals surface area contributed by atoms with E-state index in [0.29, 0.717) is 35.0 Å². The summed E-state index contributed by atoms with van der Waals surface area (Å²) in [5.74, 6) is 0. The van der Waals surface area contributed by atoms with Crippen LogP contribution in [0.4, 0.5) is 0 Å². The Balaban J connectivity index is 2.95. The molecule has 0 saturated carbocycles. The summed E-state index contributed by atoms with van der Waals surface area (Å²) in [5.41, 5.74) is 0. The summed E-state index contributed by atoms with van der Waals surface area (Å²) in [6.07, 6.45) is 0. The lowest BCUT2D eigenvalue weighted by Crippen LogP contribution is -1.94. The fourth-order valence-electron chi connectivity index (χ4n) is 0.406. The van der Waals surface area contributed by atoms with Crippen LogP contribution < -0.4 is 0 Å². The van der Waals surface area contributed by atoms with Crippen molar-refractivity contribution in [3.63, 3.8) is 0 Å². The summed E-state index contributed by atoms with van der Waals surface area (Å²) in [6, 6.07) is 0. The van der Waals surface area contributed by atoms with E-state index in [2.05, 4.69) is 4.52 Å². The molecule has 0 aromatic heterocycles. The maximum atomic E-state index is 5.10. The Hall–Kier alpha value is 0.370. The minimum Gasteiger partial charge on any atom is -0.382 e. The molecule has 0 bridgehead atoms. The monoisotopic (exact) mass is 227 g/mol. The number of nitrogens with zero attached hydrogens (tertiary/aromatic N) is 1. The molecule has 0 spiro atoms. The Bertz CT molecular complexity index is 125. The molecule has 0 aliphatic carbocycles. The lowest BCUT2D eigenvalue weighted by Gasteiger charge is -1.97. The Morgan fingerprint density at radius 2 is 1.77 bits per heavy atom. The second-order valence-corrected chi connectivity index (χ2v) is 3.63. The number of hydrogen-bond donors (Lipinski definition) is 0. The fourth-order valence-corrected chi connectivity index (χ4v) is 1.33. The molecule has 0 heterocycles. The molecule has 1 unspecified atom stereocenters. The van der Waals surface area contributed by atoms with Crippen LogP contribution in [0.1, 0.15) is 0 Å². The average molecular weight is 227 g/mol. The van der Waals surface area contributed by atoms with Gasteiger partial charge in [-0.1, -0.05) is 0 Å². The summed E-state index contributed by atoms with van der Waals surface area (Å²) in [5, 5.41) is 0. The topological polar surface area (TPSA) is 49.3 Å². The first kappa shape index (κ1) is 13.4. The number of rotatable bonds is 9. The van der Waals surface area contributed by atoms with Gasteiger partial charge in [-0.3, -0.25) is 0 Å². The quantitative estimate of drug-likeness (QED) is 0.445. The largest absolute Gasteiger partial charge is 0.382 e. The summed E-state index contributed by atoms with van der Waals surface area (Å²) >= 11 is 0. The molecule has 13 heavy (non-hydrogen) atoms. The van der Waals surface area contributed by atoms with Gasteiger partial charge in [-0.25, -0.2) is 0 Å². The molecule has 0 amide bonds. The van der Waals surface area contributed by atoms with E-state index in [1.165, 1.54) is 0 Å². The smallest absolute Gasteiger partial charge is 0.178 e. The van der Waals surface area contributed by atoms with E-state index in [9.17, 15) is 0 Å². The van der Waals surface area contributed by atoms with E-state index >= 15 is 0 Å². The Morgan fingerprint density at radius 3 is 2.46 bits per heavy atom. The third kappa shape index (κ3) is 12.4. The lowest BCUT2D eigenvalue weighted by atomic mass is 10.8. The zero-order chi connectivity index (χ0) is 9.78. The van der Waals surface area contributed by atoms with Crippen LogP contribution in [0.5, 0.6) is 0 Å².